The lowest BCUT2D eigenvalue weighted by atomic mass is 10.0. The number of hydrogen-bond acceptors (Lipinski definition) is 4. The average molecular weight is 337 g/mol. The summed E-state index contributed by atoms with van der Waals surface area (Å²) in [7, 11) is 3.86. The van der Waals surface area contributed by atoms with Crippen molar-refractivity contribution in [3.05, 3.63) is 45.5 Å². The first-order valence-electron chi connectivity index (χ1n) is 5.91. The topological polar surface area (TPSA) is 42.7 Å². The first-order valence-corrected chi connectivity index (χ1v) is 7.58. The first-order chi connectivity index (χ1) is 9.22. The minimum Gasteiger partial charge on any atom is -0.308 e. The third-order valence-corrected chi connectivity index (χ3v) is 4.76. The van der Waals surface area contributed by atoms with Crippen LogP contribution in [-0.2, 0) is 7.05 Å². The van der Waals surface area contributed by atoms with Crippen molar-refractivity contribution in [2.45, 2.75) is 6.04 Å². The molecule has 2 aromatic heterocycles. The average Bonchev–Trinajstić information content (AvgIpc) is 2.98. The molecule has 98 valence electrons. The van der Waals surface area contributed by atoms with E-state index in [1.807, 2.05) is 14.1 Å². The highest BCUT2D eigenvalue weighted by Gasteiger charge is 2.22. The molecule has 0 spiro atoms. The number of rotatable bonds is 3. The zero-order chi connectivity index (χ0) is 13.4. The van der Waals surface area contributed by atoms with Crippen molar-refractivity contribution in [1.82, 2.24) is 20.3 Å². The largest absolute Gasteiger partial charge is 0.308 e. The van der Waals surface area contributed by atoms with Crippen LogP contribution in [0.5, 0.6) is 0 Å². The van der Waals surface area contributed by atoms with Gasteiger partial charge in [-0.05, 0) is 45.4 Å². The fourth-order valence-electron chi connectivity index (χ4n) is 2.31. The fraction of sp³-hybridized carbons (Fsp3) is 0.231. The SMILES string of the molecule is CNC(c1csc2ccccc12)c1c(Br)nnn1C. The second kappa shape index (κ2) is 5.03. The number of nitrogens with zero attached hydrogens (tertiary/aromatic N) is 3. The molecule has 1 atom stereocenters. The van der Waals surface area contributed by atoms with E-state index in [1.54, 1.807) is 16.0 Å². The summed E-state index contributed by atoms with van der Waals surface area (Å²) in [6.07, 6.45) is 0. The van der Waals surface area contributed by atoms with Crippen LogP contribution in [0.4, 0.5) is 0 Å². The summed E-state index contributed by atoms with van der Waals surface area (Å²) in [4.78, 5) is 0. The molecule has 1 unspecified atom stereocenters. The van der Waals surface area contributed by atoms with E-state index in [2.05, 4.69) is 61.2 Å². The van der Waals surface area contributed by atoms with Crippen molar-refractivity contribution >= 4 is 37.4 Å². The summed E-state index contributed by atoms with van der Waals surface area (Å²) in [6.45, 7) is 0. The number of hydrogen-bond donors (Lipinski definition) is 1. The summed E-state index contributed by atoms with van der Waals surface area (Å²) in [5.74, 6) is 0. The Morgan fingerprint density at radius 2 is 2.16 bits per heavy atom. The molecule has 0 amide bonds. The Labute approximate surface area is 123 Å². The van der Waals surface area contributed by atoms with Gasteiger partial charge in [0.25, 0.3) is 0 Å². The molecule has 6 heteroatoms. The molecule has 1 N–H and O–H groups in total. The monoisotopic (exact) mass is 336 g/mol. The molecule has 2 heterocycles. The highest BCUT2D eigenvalue weighted by atomic mass is 79.9. The zero-order valence-corrected chi connectivity index (χ0v) is 13.0. The molecule has 0 saturated carbocycles. The molecule has 19 heavy (non-hydrogen) atoms. The summed E-state index contributed by atoms with van der Waals surface area (Å²) >= 11 is 5.24. The van der Waals surface area contributed by atoms with Gasteiger partial charge >= 0.3 is 0 Å². The number of nitrogens with one attached hydrogen (secondary N) is 1. The van der Waals surface area contributed by atoms with Crippen LogP contribution in [0.25, 0.3) is 10.1 Å². The number of benzene rings is 1. The Kier molecular flexibility index (Phi) is 3.38. The maximum Gasteiger partial charge on any atom is 0.153 e. The van der Waals surface area contributed by atoms with E-state index < -0.39 is 0 Å². The van der Waals surface area contributed by atoms with E-state index in [1.165, 1.54) is 15.6 Å². The third-order valence-electron chi connectivity index (χ3n) is 3.21. The van der Waals surface area contributed by atoms with Crippen LogP contribution in [0, 0.1) is 0 Å². The number of thiophene rings is 1. The quantitative estimate of drug-likeness (QED) is 0.799. The van der Waals surface area contributed by atoms with E-state index >= 15 is 0 Å². The normalized spacial score (nSPS) is 13.0. The van der Waals surface area contributed by atoms with E-state index in [0.29, 0.717) is 0 Å². The van der Waals surface area contributed by atoms with Crippen LogP contribution >= 0.6 is 27.3 Å². The molecular weight excluding hydrogens is 324 g/mol. The Balaban J connectivity index is 2.18. The third kappa shape index (κ3) is 2.09. The van der Waals surface area contributed by atoms with Crippen LogP contribution in [0.3, 0.4) is 0 Å². The molecule has 0 saturated heterocycles. The summed E-state index contributed by atoms with van der Waals surface area (Å²) in [5, 5.41) is 15.0. The van der Waals surface area contributed by atoms with Gasteiger partial charge in [-0.3, -0.25) is 0 Å². The molecule has 0 fully saturated rings. The molecular formula is C13H13BrN4S. The van der Waals surface area contributed by atoms with Crippen LogP contribution in [0.1, 0.15) is 17.3 Å². The first kappa shape index (κ1) is 12.8. The lowest BCUT2D eigenvalue weighted by Crippen LogP contribution is -2.20. The molecule has 3 rings (SSSR count). The number of fused-ring (bicyclic) bond motifs is 1. The van der Waals surface area contributed by atoms with Gasteiger partial charge in [0, 0.05) is 11.7 Å². The van der Waals surface area contributed by atoms with Gasteiger partial charge in [-0.2, -0.15) is 0 Å². The van der Waals surface area contributed by atoms with Crippen LogP contribution in [0.15, 0.2) is 34.2 Å². The minimum absolute atomic E-state index is 0.0746. The van der Waals surface area contributed by atoms with Crippen LogP contribution in [0.2, 0.25) is 0 Å². The van der Waals surface area contributed by atoms with Crippen molar-refractivity contribution in [1.29, 1.82) is 0 Å². The highest BCUT2D eigenvalue weighted by Crippen LogP contribution is 2.34. The summed E-state index contributed by atoms with van der Waals surface area (Å²) < 4.78 is 3.88. The van der Waals surface area contributed by atoms with Crippen LogP contribution in [-0.4, -0.2) is 22.0 Å². The number of aryl methyl sites for hydroxylation is 1. The number of halogens is 1. The van der Waals surface area contributed by atoms with Crippen molar-refractivity contribution in [2.24, 2.45) is 7.05 Å². The van der Waals surface area contributed by atoms with Gasteiger partial charge in [0.15, 0.2) is 4.60 Å². The molecule has 0 aliphatic rings. The molecule has 3 aromatic rings. The Bertz CT molecular complexity index is 699. The van der Waals surface area contributed by atoms with E-state index in [0.717, 1.165) is 10.3 Å². The van der Waals surface area contributed by atoms with Gasteiger partial charge in [0.2, 0.25) is 0 Å². The predicted molar refractivity (Wildman–Crippen MR) is 81.4 cm³/mol. The van der Waals surface area contributed by atoms with Gasteiger partial charge < -0.3 is 5.32 Å². The minimum atomic E-state index is 0.0746. The van der Waals surface area contributed by atoms with E-state index in [-0.39, 0.29) is 6.04 Å². The maximum atomic E-state index is 4.07. The van der Waals surface area contributed by atoms with E-state index in [4.69, 9.17) is 0 Å². The Hall–Kier alpha value is -1.24. The highest BCUT2D eigenvalue weighted by molar-refractivity contribution is 9.10. The second-order valence-corrected chi connectivity index (χ2v) is 5.96. The van der Waals surface area contributed by atoms with Crippen molar-refractivity contribution in [3.8, 4) is 0 Å². The fourth-order valence-corrected chi connectivity index (χ4v) is 3.85. The van der Waals surface area contributed by atoms with Gasteiger partial charge in [-0.15, -0.1) is 16.4 Å². The predicted octanol–water partition coefficient (Wildman–Crippen LogP) is 3.10. The summed E-state index contributed by atoms with van der Waals surface area (Å²) in [6, 6.07) is 8.52. The van der Waals surface area contributed by atoms with Crippen molar-refractivity contribution in [2.75, 3.05) is 7.05 Å². The molecule has 0 aliphatic carbocycles. The molecule has 1 aromatic carbocycles. The van der Waals surface area contributed by atoms with Gasteiger partial charge in [0.05, 0.1) is 11.7 Å². The van der Waals surface area contributed by atoms with E-state index in [9.17, 15) is 0 Å². The van der Waals surface area contributed by atoms with Crippen LogP contribution < -0.4 is 5.32 Å². The number of aromatic nitrogens is 3. The van der Waals surface area contributed by atoms with Crippen molar-refractivity contribution < 1.29 is 0 Å². The molecule has 0 bridgehead atoms. The van der Waals surface area contributed by atoms with Gasteiger partial charge in [-0.1, -0.05) is 23.4 Å². The molecule has 0 aliphatic heterocycles. The molecule has 0 radical (unpaired) electrons. The maximum absolute atomic E-state index is 4.07. The summed E-state index contributed by atoms with van der Waals surface area (Å²) in [5.41, 5.74) is 2.29. The Morgan fingerprint density at radius 3 is 2.84 bits per heavy atom. The van der Waals surface area contributed by atoms with Gasteiger partial charge in [-0.25, -0.2) is 4.68 Å². The van der Waals surface area contributed by atoms with Crippen molar-refractivity contribution in [3.63, 3.8) is 0 Å². The van der Waals surface area contributed by atoms with Gasteiger partial charge in [0.1, 0.15) is 0 Å². The Morgan fingerprint density at radius 1 is 1.37 bits per heavy atom. The lowest BCUT2D eigenvalue weighted by molar-refractivity contribution is 0.600. The zero-order valence-electron chi connectivity index (χ0n) is 10.6. The second-order valence-electron chi connectivity index (χ2n) is 4.30. The smallest absolute Gasteiger partial charge is 0.153 e. The molecule has 4 nitrogen and oxygen atoms in total. The standard InChI is InChI=1S/C13H13BrN4S/c1-15-11(12-13(14)16-17-18(12)2)9-7-19-10-6-4-3-5-8(9)10/h3-7,11,15H,1-2H3. The lowest BCUT2D eigenvalue weighted by Gasteiger charge is -2.16.